The van der Waals surface area contributed by atoms with Crippen molar-refractivity contribution in [3.8, 4) is 0 Å². The van der Waals surface area contributed by atoms with Gasteiger partial charge in [0.2, 0.25) is 10.0 Å². The molecule has 3 aromatic rings. The van der Waals surface area contributed by atoms with Gasteiger partial charge in [0, 0.05) is 18.8 Å². The highest BCUT2D eigenvalue weighted by Gasteiger charge is 2.28. The highest BCUT2D eigenvalue weighted by Crippen LogP contribution is 2.28. The highest BCUT2D eigenvalue weighted by atomic mass is 32.2. The maximum absolute atomic E-state index is 13.0. The molecule has 1 aliphatic heterocycles. The van der Waals surface area contributed by atoms with Crippen LogP contribution in [0.4, 0.5) is 5.69 Å². The van der Waals surface area contributed by atoms with Crippen molar-refractivity contribution in [2.24, 2.45) is 0 Å². The fourth-order valence-corrected chi connectivity index (χ4v) is 6.21. The molecular formula is C23H24N2O4S2. The summed E-state index contributed by atoms with van der Waals surface area (Å²) in [5.41, 5.74) is 4.15. The number of sulfonamides is 2. The molecule has 0 amide bonds. The van der Waals surface area contributed by atoms with Crippen LogP contribution in [0.2, 0.25) is 0 Å². The van der Waals surface area contributed by atoms with Gasteiger partial charge in [-0.15, -0.1) is 0 Å². The Bertz CT molecular complexity index is 1340. The quantitative estimate of drug-likeness (QED) is 0.632. The summed E-state index contributed by atoms with van der Waals surface area (Å²) >= 11 is 0. The van der Waals surface area contributed by atoms with Crippen molar-refractivity contribution in [1.82, 2.24) is 4.31 Å². The van der Waals surface area contributed by atoms with Gasteiger partial charge in [0.25, 0.3) is 10.0 Å². The van der Waals surface area contributed by atoms with Gasteiger partial charge in [-0.3, -0.25) is 4.72 Å². The predicted octanol–water partition coefficient (Wildman–Crippen LogP) is 3.85. The fourth-order valence-electron chi connectivity index (χ4n) is 3.64. The summed E-state index contributed by atoms with van der Waals surface area (Å²) in [6.45, 7) is 4.39. The Morgan fingerprint density at radius 1 is 0.774 bits per heavy atom. The van der Waals surface area contributed by atoms with Crippen molar-refractivity contribution in [3.05, 3.63) is 89.0 Å². The second kappa shape index (κ2) is 8.11. The Labute approximate surface area is 183 Å². The van der Waals surface area contributed by atoms with E-state index in [0.717, 1.165) is 22.3 Å². The number of rotatable bonds is 5. The maximum Gasteiger partial charge on any atom is 0.261 e. The molecule has 0 aliphatic carbocycles. The average molecular weight is 457 g/mol. The van der Waals surface area contributed by atoms with Gasteiger partial charge in [0.1, 0.15) is 0 Å². The molecule has 1 heterocycles. The number of hydrogen-bond donors (Lipinski definition) is 1. The van der Waals surface area contributed by atoms with Gasteiger partial charge >= 0.3 is 0 Å². The third-order valence-electron chi connectivity index (χ3n) is 5.61. The Kier molecular flexibility index (Phi) is 5.63. The smallest absolute Gasteiger partial charge is 0.261 e. The van der Waals surface area contributed by atoms with E-state index in [4.69, 9.17) is 0 Å². The first-order valence-corrected chi connectivity index (χ1v) is 12.9. The Balaban J connectivity index is 1.59. The molecule has 0 radical (unpaired) electrons. The molecule has 162 valence electrons. The lowest BCUT2D eigenvalue weighted by Crippen LogP contribution is -2.36. The van der Waals surface area contributed by atoms with Crippen LogP contribution in [0, 0.1) is 13.8 Å². The Morgan fingerprint density at radius 3 is 2.23 bits per heavy atom. The van der Waals surface area contributed by atoms with Gasteiger partial charge in [-0.1, -0.05) is 30.3 Å². The lowest BCUT2D eigenvalue weighted by Gasteiger charge is -2.28. The van der Waals surface area contributed by atoms with Gasteiger partial charge in [-0.25, -0.2) is 16.8 Å². The zero-order valence-corrected chi connectivity index (χ0v) is 19.0. The first kappa shape index (κ1) is 21.5. The third kappa shape index (κ3) is 4.37. The van der Waals surface area contributed by atoms with Crippen molar-refractivity contribution in [2.75, 3.05) is 11.3 Å². The second-order valence-corrected chi connectivity index (χ2v) is 11.4. The van der Waals surface area contributed by atoms with Crippen LogP contribution in [0.1, 0.15) is 22.3 Å². The summed E-state index contributed by atoms with van der Waals surface area (Å²) in [4.78, 5) is 0.451. The van der Waals surface area contributed by atoms with Crippen LogP contribution in [0.3, 0.4) is 0 Å². The van der Waals surface area contributed by atoms with Crippen LogP contribution >= 0.6 is 0 Å². The highest BCUT2D eigenvalue weighted by molar-refractivity contribution is 7.92. The number of benzene rings is 3. The van der Waals surface area contributed by atoms with E-state index in [2.05, 4.69) is 4.72 Å². The summed E-state index contributed by atoms with van der Waals surface area (Å²) in [7, 11) is -7.36. The van der Waals surface area contributed by atoms with E-state index in [1.807, 2.05) is 19.9 Å². The van der Waals surface area contributed by atoms with Gasteiger partial charge in [0.05, 0.1) is 9.79 Å². The normalized spacial score (nSPS) is 14.8. The SMILES string of the molecule is Cc1ccc(S(=O)(=O)Nc2ccc3c(c2)CN(S(=O)(=O)c2ccccc2)CC3)cc1C. The number of fused-ring (bicyclic) bond motifs is 1. The minimum Gasteiger partial charge on any atom is -0.280 e. The summed E-state index contributed by atoms with van der Waals surface area (Å²) < 4.78 is 55.6. The Morgan fingerprint density at radius 2 is 1.52 bits per heavy atom. The molecule has 0 fully saturated rings. The number of anilines is 1. The van der Waals surface area contributed by atoms with Crippen LogP contribution in [0.25, 0.3) is 0 Å². The first-order valence-electron chi connectivity index (χ1n) is 9.94. The standard InChI is InChI=1S/C23H24N2O4S2/c1-17-8-11-23(14-18(17)2)30(26,27)24-21-10-9-19-12-13-25(16-20(19)15-21)31(28,29)22-6-4-3-5-7-22/h3-11,14-15,24H,12-13,16H2,1-2H3. The van der Waals surface area contributed by atoms with Gasteiger partial charge in [-0.2, -0.15) is 4.31 Å². The molecule has 0 unspecified atom stereocenters. The lowest BCUT2D eigenvalue weighted by atomic mass is 10.0. The number of nitrogens with one attached hydrogen (secondary N) is 1. The van der Waals surface area contributed by atoms with Crippen molar-refractivity contribution >= 4 is 25.7 Å². The molecule has 0 saturated heterocycles. The largest absolute Gasteiger partial charge is 0.280 e. The summed E-state index contributed by atoms with van der Waals surface area (Å²) in [6.07, 6.45) is 0.575. The second-order valence-electron chi connectivity index (χ2n) is 7.74. The molecule has 8 heteroatoms. The van der Waals surface area contributed by atoms with Gasteiger partial charge in [0.15, 0.2) is 0 Å². The Hall–Kier alpha value is -2.68. The van der Waals surface area contributed by atoms with Crippen LogP contribution in [-0.4, -0.2) is 27.7 Å². The van der Waals surface area contributed by atoms with Gasteiger partial charge < -0.3 is 0 Å². The van der Waals surface area contributed by atoms with E-state index in [-0.39, 0.29) is 16.3 Å². The molecule has 31 heavy (non-hydrogen) atoms. The topological polar surface area (TPSA) is 83.6 Å². The number of aryl methyl sites for hydroxylation is 2. The van der Waals surface area contributed by atoms with E-state index in [1.54, 1.807) is 60.7 Å². The summed E-state index contributed by atoms with van der Waals surface area (Å²) in [5.74, 6) is 0. The zero-order valence-electron chi connectivity index (χ0n) is 17.4. The predicted molar refractivity (Wildman–Crippen MR) is 121 cm³/mol. The van der Waals surface area contributed by atoms with Crippen molar-refractivity contribution in [1.29, 1.82) is 0 Å². The number of hydrogen-bond acceptors (Lipinski definition) is 4. The third-order valence-corrected chi connectivity index (χ3v) is 8.84. The average Bonchev–Trinajstić information content (AvgIpc) is 2.75. The maximum atomic E-state index is 13.0. The molecule has 0 saturated carbocycles. The molecule has 3 aromatic carbocycles. The number of nitrogens with zero attached hydrogens (tertiary/aromatic N) is 1. The molecular weight excluding hydrogens is 432 g/mol. The van der Waals surface area contributed by atoms with E-state index >= 15 is 0 Å². The molecule has 6 nitrogen and oxygen atoms in total. The van der Waals surface area contributed by atoms with E-state index in [9.17, 15) is 16.8 Å². The van der Waals surface area contributed by atoms with E-state index in [0.29, 0.717) is 18.7 Å². The van der Waals surface area contributed by atoms with Crippen LogP contribution in [-0.2, 0) is 33.0 Å². The first-order chi connectivity index (χ1) is 14.7. The van der Waals surface area contributed by atoms with Crippen LogP contribution in [0.5, 0.6) is 0 Å². The fraction of sp³-hybridized carbons (Fsp3) is 0.217. The molecule has 0 spiro atoms. The summed E-state index contributed by atoms with van der Waals surface area (Å²) in [6, 6.07) is 18.6. The minimum atomic E-state index is -3.75. The zero-order chi connectivity index (χ0) is 22.2. The van der Waals surface area contributed by atoms with Crippen LogP contribution in [0.15, 0.2) is 76.5 Å². The van der Waals surface area contributed by atoms with E-state index in [1.165, 1.54) is 4.31 Å². The van der Waals surface area contributed by atoms with Crippen molar-refractivity contribution in [2.45, 2.75) is 36.6 Å². The molecule has 0 bridgehead atoms. The monoisotopic (exact) mass is 456 g/mol. The van der Waals surface area contributed by atoms with Crippen molar-refractivity contribution in [3.63, 3.8) is 0 Å². The van der Waals surface area contributed by atoms with Gasteiger partial charge in [-0.05, 0) is 78.9 Å². The lowest BCUT2D eigenvalue weighted by molar-refractivity contribution is 0.391. The molecule has 4 rings (SSSR count). The van der Waals surface area contributed by atoms with E-state index < -0.39 is 20.0 Å². The molecule has 0 atom stereocenters. The molecule has 1 aliphatic rings. The molecule has 0 aromatic heterocycles. The van der Waals surface area contributed by atoms with Crippen LogP contribution < -0.4 is 4.72 Å². The summed E-state index contributed by atoms with van der Waals surface area (Å²) in [5, 5.41) is 0. The molecule has 1 N–H and O–H groups in total. The minimum absolute atomic E-state index is 0.196. The van der Waals surface area contributed by atoms with Crippen molar-refractivity contribution < 1.29 is 16.8 Å².